The number of rotatable bonds is 0. The standard InChI is InChI=1S/Ba.O.Pb.Ti.4H. The molecule has 0 aliphatic rings. The van der Waals surface area contributed by atoms with E-state index >= 15 is 0 Å². The van der Waals surface area contributed by atoms with Gasteiger partial charge < -0.3 is 0 Å². The topological polar surface area (TPSA) is 17.1 Å². The Balaban J connectivity index is -0.00000000500. The molecule has 2 radical (unpaired) electrons. The van der Waals surface area contributed by atoms with E-state index in [0.717, 1.165) is 20.4 Å². The Kier molecular flexibility index (Phi) is 65.6. The Morgan fingerprint density at radius 3 is 1.25 bits per heavy atom. The fourth-order valence-electron chi connectivity index (χ4n) is 0. The molecule has 0 saturated heterocycles. The molecule has 0 fully saturated rings. The van der Waals surface area contributed by atoms with Crippen molar-refractivity contribution in [1.29, 1.82) is 0 Å². The zero-order valence-electron chi connectivity index (χ0n) is 1.62. The third kappa shape index (κ3) is 8.89. The van der Waals surface area contributed by atoms with Crippen LogP contribution in [0.25, 0.3) is 0 Å². The van der Waals surface area contributed by atoms with Crippen LogP contribution in [0.5, 0.6) is 0 Å². The minimum absolute atomic E-state index is 0. The van der Waals surface area contributed by atoms with Crippen molar-refractivity contribution in [2.24, 2.45) is 0 Å². The van der Waals surface area contributed by atoms with Crippen LogP contribution in [0, 0.1) is 0 Å². The fraction of sp³-hybridized carbons (Fsp3) is 0. The molecule has 4 heavy (non-hydrogen) atoms. The predicted octanol–water partition coefficient (Wildman–Crippen LogP) is -1.95. The molecule has 0 aromatic rings. The number of hydrogen-bond acceptors (Lipinski definition) is 1. The molecule has 0 aliphatic heterocycles. The summed E-state index contributed by atoms with van der Waals surface area (Å²) in [6, 6.07) is 0. The van der Waals surface area contributed by atoms with E-state index in [-0.39, 0.29) is 76.2 Å². The van der Waals surface area contributed by atoms with Gasteiger partial charge in [0.25, 0.3) is 0 Å². The van der Waals surface area contributed by atoms with Gasteiger partial charge in [0.2, 0.25) is 0 Å². The first-order valence-corrected chi connectivity index (χ1v) is 0.842. The van der Waals surface area contributed by atoms with Crippen molar-refractivity contribution in [3.05, 3.63) is 0 Å². The first kappa shape index (κ1) is 15.7. The molecule has 0 N–H and O–H groups in total. The normalized spacial score (nSPS) is 0.750. The second kappa shape index (κ2) is 16.7. The molecule has 20 valence electrons. The van der Waals surface area contributed by atoms with E-state index in [2.05, 4.69) is 0 Å². The molecular formula is H4BaOPbTi. The Labute approximate surface area is 97.2 Å². The van der Waals surface area contributed by atoms with Crippen molar-refractivity contribution >= 4 is 76.2 Å². The summed E-state index contributed by atoms with van der Waals surface area (Å²) in [5.74, 6) is 0. The van der Waals surface area contributed by atoms with Gasteiger partial charge in [0.05, 0.1) is 0 Å². The molecule has 0 aromatic carbocycles. The van der Waals surface area contributed by atoms with Crippen LogP contribution in [0.1, 0.15) is 0 Å². The average Bonchev–Trinajstić information content (AvgIpc) is 1.00. The molecule has 1 nitrogen and oxygen atoms in total. The van der Waals surface area contributed by atoms with Crippen LogP contribution in [0.4, 0.5) is 0 Å². The summed E-state index contributed by atoms with van der Waals surface area (Å²) in [4.78, 5) is 0. The summed E-state index contributed by atoms with van der Waals surface area (Å²) >= 11 is 0.750. The van der Waals surface area contributed by atoms with E-state index in [9.17, 15) is 0 Å². The summed E-state index contributed by atoms with van der Waals surface area (Å²) in [7, 11) is 0. The molecule has 0 bridgehead atoms. The summed E-state index contributed by atoms with van der Waals surface area (Å²) < 4.78 is 8.25. The van der Waals surface area contributed by atoms with Crippen LogP contribution < -0.4 is 0 Å². The molecule has 0 unspecified atom stereocenters. The second-order valence-corrected chi connectivity index (χ2v) is 0. The van der Waals surface area contributed by atoms with E-state index in [1.54, 1.807) is 0 Å². The van der Waals surface area contributed by atoms with E-state index in [1.165, 1.54) is 0 Å². The van der Waals surface area contributed by atoms with Gasteiger partial charge >= 0.3 is 99.9 Å². The molecule has 0 atom stereocenters. The Morgan fingerprint density at radius 2 is 1.25 bits per heavy atom. The van der Waals surface area contributed by atoms with Gasteiger partial charge in [-0.3, -0.25) is 0 Å². The van der Waals surface area contributed by atoms with Gasteiger partial charge in [0.15, 0.2) is 0 Å². The summed E-state index contributed by atoms with van der Waals surface area (Å²) in [5, 5.41) is 0. The van der Waals surface area contributed by atoms with E-state index in [4.69, 9.17) is 3.32 Å². The van der Waals surface area contributed by atoms with Gasteiger partial charge in [-0.15, -0.1) is 0 Å². The first-order chi connectivity index (χ1) is 1.00. The first-order valence-electron chi connectivity index (χ1n) is 0.204. The molecule has 0 heterocycles. The van der Waals surface area contributed by atoms with Gasteiger partial charge in [-0.25, -0.2) is 0 Å². The zero-order valence-corrected chi connectivity index (χ0v) is 8.67. The summed E-state index contributed by atoms with van der Waals surface area (Å²) in [5.41, 5.74) is 0. The van der Waals surface area contributed by atoms with Crippen molar-refractivity contribution in [2.75, 3.05) is 0 Å². The molecular weight excluding hydrogens is 408 g/mol. The molecule has 0 aliphatic carbocycles. The van der Waals surface area contributed by atoms with Crippen LogP contribution in [0.2, 0.25) is 0 Å². The quantitative estimate of drug-likeness (QED) is 0.423. The maximum atomic E-state index is 8.25. The van der Waals surface area contributed by atoms with E-state index in [1.807, 2.05) is 0 Å². The third-order valence-corrected chi connectivity index (χ3v) is 0. The van der Waals surface area contributed by atoms with Gasteiger partial charge in [0.1, 0.15) is 0 Å². The molecule has 4 heteroatoms. The Hall–Kier alpha value is 3.01. The average molecular weight is 412 g/mol. The third-order valence-electron chi connectivity index (χ3n) is 0. The van der Waals surface area contributed by atoms with Crippen LogP contribution >= 0.6 is 0 Å². The SMILES string of the molecule is [BaH2].[O]=[Ti].[PbH2]. The second-order valence-electron chi connectivity index (χ2n) is 0. The van der Waals surface area contributed by atoms with Crippen molar-refractivity contribution in [3.63, 3.8) is 0 Å². The summed E-state index contributed by atoms with van der Waals surface area (Å²) in [6.07, 6.45) is 0. The van der Waals surface area contributed by atoms with Crippen LogP contribution in [0.3, 0.4) is 0 Å². The molecule has 0 aromatic heterocycles. The van der Waals surface area contributed by atoms with Crippen molar-refractivity contribution in [3.8, 4) is 0 Å². The summed E-state index contributed by atoms with van der Waals surface area (Å²) in [6.45, 7) is 0. The predicted molar refractivity (Wildman–Crippen MR) is 17.8 cm³/mol. The van der Waals surface area contributed by atoms with E-state index in [0.29, 0.717) is 0 Å². The van der Waals surface area contributed by atoms with Gasteiger partial charge in [0, 0.05) is 0 Å². The molecule has 0 amide bonds. The van der Waals surface area contributed by atoms with Crippen molar-refractivity contribution < 1.29 is 23.7 Å². The Bertz CT molecular complexity index is 8.00. The van der Waals surface area contributed by atoms with Crippen LogP contribution in [-0.4, -0.2) is 76.2 Å². The van der Waals surface area contributed by atoms with Crippen molar-refractivity contribution in [2.45, 2.75) is 0 Å². The monoisotopic (exact) mass is 414 g/mol. The van der Waals surface area contributed by atoms with Gasteiger partial charge in [-0.05, 0) is 0 Å². The van der Waals surface area contributed by atoms with Gasteiger partial charge in [-0.1, -0.05) is 0 Å². The van der Waals surface area contributed by atoms with Crippen LogP contribution in [-0.2, 0) is 23.7 Å². The zero-order chi connectivity index (χ0) is 2.00. The van der Waals surface area contributed by atoms with Gasteiger partial charge in [-0.2, -0.15) is 0 Å². The molecule has 0 spiro atoms. The Morgan fingerprint density at radius 1 is 1.25 bits per heavy atom. The number of hydrogen-bond donors (Lipinski definition) is 0. The van der Waals surface area contributed by atoms with Crippen molar-refractivity contribution in [1.82, 2.24) is 0 Å². The van der Waals surface area contributed by atoms with Crippen LogP contribution in [0.15, 0.2) is 0 Å². The van der Waals surface area contributed by atoms with E-state index < -0.39 is 0 Å². The fourth-order valence-corrected chi connectivity index (χ4v) is 0. The molecule has 0 rings (SSSR count). The minimum atomic E-state index is 0. The maximum absolute atomic E-state index is 8.25. The molecule has 0 saturated carbocycles.